The van der Waals surface area contributed by atoms with Crippen LogP contribution in [0, 0.1) is 17.0 Å². The second-order valence-electron chi connectivity index (χ2n) is 3.55. The predicted molar refractivity (Wildman–Crippen MR) is 60.4 cm³/mol. The van der Waals surface area contributed by atoms with Gasteiger partial charge >= 0.3 is 0 Å². The molecule has 16 heavy (non-hydrogen) atoms. The molecule has 0 aliphatic heterocycles. The number of anilines is 1. The molecule has 1 heterocycles. The Morgan fingerprint density at radius 3 is 2.81 bits per heavy atom. The van der Waals surface area contributed by atoms with E-state index in [1.54, 1.807) is 6.92 Å². The van der Waals surface area contributed by atoms with E-state index in [0.717, 1.165) is 6.42 Å². The molecule has 1 aromatic rings. The Bertz CT molecular complexity index is 378. The largest absolute Gasteiger partial charge is 0.394 e. The van der Waals surface area contributed by atoms with Gasteiger partial charge in [0.25, 0.3) is 5.69 Å². The smallest absolute Gasteiger partial charge is 0.287 e. The van der Waals surface area contributed by atoms with Crippen LogP contribution in [0.15, 0.2) is 12.3 Å². The molecule has 2 N–H and O–H groups in total. The van der Waals surface area contributed by atoms with Crippen molar-refractivity contribution in [3.8, 4) is 0 Å². The van der Waals surface area contributed by atoms with Gasteiger partial charge < -0.3 is 10.4 Å². The molecule has 1 unspecified atom stereocenters. The van der Waals surface area contributed by atoms with Gasteiger partial charge in [-0.3, -0.25) is 10.1 Å². The summed E-state index contributed by atoms with van der Waals surface area (Å²) < 4.78 is 0. The van der Waals surface area contributed by atoms with Gasteiger partial charge in [0.1, 0.15) is 12.0 Å². The standard InChI is InChI=1S/C10H15N3O3/c1-3-8(6-14)12-10-7(2)4-9(5-11-10)13(15)16/h4-5,8,14H,3,6H2,1-2H3,(H,11,12). The van der Waals surface area contributed by atoms with Crippen molar-refractivity contribution in [3.05, 3.63) is 27.9 Å². The number of nitro groups is 1. The number of nitrogens with one attached hydrogen (secondary N) is 1. The molecule has 0 amide bonds. The van der Waals surface area contributed by atoms with Crippen LogP contribution in [0.2, 0.25) is 0 Å². The van der Waals surface area contributed by atoms with Gasteiger partial charge in [0, 0.05) is 6.07 Å². The van der Waals surface area contributed by atoms with Gasteiger partial charge in [-0.1, -0.05) is 6.92 Å². The first-order chi connectivity index (χ1) is 7.58. The molecular formula is C10H15N3O3. The van der Waals surface area contributed by atoms with Crippen LogP contribution >= 0.6 is 0 Å². The summed E-state index contributed by atoms with van der Waals surface area (Å²) in [5, 5.41) is 22.6. The Balaban J connectivity index is 2.86. The third-order valence-corrected chi connectivity index (χ3v) is 2.33. The lowest BCUT2D eigenvalue weighted by Gasteiger charge is -2.15. The quantitative estimate of drug-likeness (QED) is 0.585. The lowest BCUT2D eigenvalue weighted by Crippen LogP contribution is -2.23. The second kappa shape index (κ2) is 5.41. The molecule has 0 saturated heterocycles. The third-order valence-electron chi connectivity index (χ3n) is 2.33. The van der Waals surface area contributed by atoms with Gasteiger partial charge in [0.05, 0.1) is 17.6 Å². The molecule has 6 nitrogen and oxygen atoms in total. The molecule has 0 aliphatic rings. The number of pyridine rings is 1. The molecule has 1 aromatic heterocycles. The molecule has 1 rings (SSSR count). The van der Waals surface area contributed by atoms with Crippen molar-refractivity contribution in [1.29, 1.82) is 0 Å². The van der Waals surface area contributed by atoms with E-state index in [1.165, 1.54) is 12.3 Å². The maximum atomic E-state index is 10.5. The van der Waals surface area contributed by atoms with Crippen LogP contribution in [0.4, 0.5) is 11.5 Å². The molecule has 88 valence electrons. The molecule has 6 heteroatoms. The van der Waals surface area contributed by atoms with E-state index in [0.29, 0.717) is 11.4 Å². The molecule has 0 bridgehead atoms. The highest BCUT2D eigenvalue weighted by Gasteiger charge is 2.11. The van der Waals surface area contributed by atoms with Gasteiger partial charge in [0.2, 0.25) is 0 Å². The van der Waals surface area contributed by atoms with E-state index < -0.39 is 4.92 Å². The first-order valence-electron chi connectivity index (χ1n) is 5.07. The minimum absolute atomic E-state index is 0.00854. The topological polar surface area (TPSA) is 88.3 Å². The van der Waals surface area contributed by atoms with Crippen LogP contribution in [-0.4, -0.2) is 27.7 Å². The number of aliphatic hydroxyl groups is 1. The molecule has 1 atom stereocenters. The molecule has 0 spiro atoms. The van der Waals surface area contributed by atoms with Crippen molar-refractivity contribution in [3.63, 3.8) is 0 Å². The fourth-order valence-corrected chi connectivity index (χ4v) is 1.28. The second-order valence-corrected chi connectivity index (χ2v) is 3.55. The maximum Gasteiger partial charge on any atom is 0.287 e. The Labute approximate surface area is 93.5 Å². The van der Waals surface area contributed by atoms with Crippen LogP contribution in [-0.2, 0) is 0 Å². The highest BCUT2D eigenvalue weighted by Crippen LogP contribution is 2.18. The summed E-state index contributed by atoms with van der Waals surface area (Å²) in [5.74, 6) is 0.575. The summed E-state index contributed by atoms with van der Waals surface area (Å²) in [5.41, 5.74) is 0.668. The molecule has 0 aromatic carbocycles. The average Bonchev–Trinajstić information content (AvgIpc) is 2.27. The summed E-state index contributed by atoms with van der Waals surface area (Å²) in [6, 6.07) is 1.38. The number of nitrogens with zero attached hydrogens (tertiary/aromatic N) is 2. The number of rotatable bonds is 5. The lowest BCUT2D eigenvalue weighted by molar-refractivity contribution is -0.385. The average molecular weight is 225 g/mol. The lowest BCUT2D eigenvalue weighted by atomic mass is 10.2. The van der Waals surface area contributed by atoms with Crippen LogP contribution < -0.4 is 5.32 Å². The van der Waals surface area contributed by atoms with E-state index in [1.807, 2.05) is 6.92 Å². The summed E-state index contributed by atoms with van der Waals surface area (Å²) in [4.78, 5) is 14.0. The number of hydrogen-bond acceptors (Lipinski definition) is 5. The zero-order valence-corrected chi connectivity index (χ0v) is 9.30. The molecular weight excluding hydrogens is 210 g/mol. The third kappa shape index (κ3) is 2.90. The fourth-order valence-electron chi connectivity index (χ4n) is 1.28. The van der Waals surface area contributed by atoms with Crippen molar-refractivity contribution >= 4 is 11.5 Å². The first-order valence-corrected chi connectivity index (χ1v) is 5.07. The number of aryl methyl sites for hydroxylation is 1. The van der Waals surface area contributed by atoms with Crippen LogP contribution in [0.25, 0.3) is 0 Å². The Kier molecular flexibility index (Phi) is 4.19. The van der Waals surface area contributed by atoms with Gasteiger partial charge in [-0.05, 0) is 18.9 Å². The van der Waals surface area contributed by atoms with Crippen LogP contribution in [0.3, 0.4) is 0 Å². The zero-order chi connectivity index (χ0) is 12.1. The highest BCUT2D eigenvalue weighted by atomic mass is 16.6. The van der Waals surface area contributed by atoms with E-state index in [2.05, 4.69) is 10.3 Å². The summed E-state index contributed by atoms with van der Waals surface area (Å²) in [7, 11) is 0. The summed E-state index contributed by atoms with van der Waals surface area (Å²) in [6.45, 7) is 3.69. The van der Waals surface area contributed by atoms with E-state index >= 15 is 0 Å². The SMILES string of the molecule is CCC(CO)Nc1ncc([N+](=O)[O-])cc1C. The van der Waals surface area contributed by atoms with Gasteiger partial charge in [0.15, 0.2) is 0 Å². The first kappa shape index (κ1) is 12.4. The van der Waals surface area contributed by atoms with Gasteiger partial charge in [-0.25, -0.2) is 4.98 Å². The van der Waals surface area contributed by atoms with Crippen LogP contribution in [0.5, 0.6) is 0 Å². The molecule has 0 saturated carbocycles. The number of aromatic nitrogens is 1. The predicted octanol–water partition coefficient (Wildman–Crippen LogP) is 1.48. The van der Waals surface area contributed by atoms with E-state index in [9.17, 15) is 10.1 Å². The Hall–Kier alpha value is -1.69. The van der Waals surface area contributed by atoms with Crippen molar-refractivity contribution in [1.82, 2.24) is 4.98 Å². The minimum atomic E-state index is -0.479. The number of aliphatic hydroxyl groups excluding tert-OH is 1. The maximum absolute atomic E-state index is 10.5. The van der Waals surface area contributed by atoms with Crippen molar-refractivity contribution in [2.24, 2.45) is 0 Å². The Morgan fingerprint density at radius 1 is 1.69 bits per heavy atom. The van der Waals surface area contributed by atoms with Crippen molar-refractivity contribution in [2.45, 2.75) is 26.3 Å². The molecule has 0 fully saturated rings. The van der Waals surface area contributed by atoms with Crippen molar-refractivity contribution < 1.29 is 10.0 Å². The zero-order valence-electron chi connectivity index (χ0n) is 9.30. The fraction of sp³-hybridized carbons (Fsp3) is 0.500. The normalized spacial score (nSPS) is 12.2. The molecule has 0 radical (unpaired) electrons. The van der Waals surface area contributed by atoms with Gasteiger partial charge in [-0.2, -0.15) is 0 Å². The number of hydrogen-bond donors (Lipinski definition) is 2. The van der Waals surface area contributed by atoms with Crippen molar-refractivity contribution in [2.75, 3.05) is 11.9 Å². The van der Waals surface area contributed by atoms with Crippen LogP contribution in [0.1, 0.15) is 18.9 Å². The van der Waals surface area contributed by atoms with Gasteiger partial charge in [-0.15, -0.1) is 0 Å². The summed E-state index contributed by atoms with van der Waals surface area (Å²) in [6.07, 6.45) is 1.97. The highest BCUT2D eigenvalue weighted by molar-refractivity contribution is 5.48. The van der Waals surface area contributed by atoms with E-state index in [4.69, 9.17) is 5.11 Å². The Morgan fingerprint density at radius 2 is 2.38 bits per heavy atom. The minimum Gasteiger partial charge on any atom is -0.394 e. The monoisotopic (exact) mass is 225 g/mol. The van der Waals surface area contributed by atoms with E-state index in [-0.39, 0.29) is 18.3 Å². The summed E-state index contributed by atoms with van der Waals surface area (Å²) >= 11 is 0. The molecule has 0 aliphatic carbocycles.